The fraction of sp³-hybridized carbons (Fsp3) is 0.500. The monoisotopic (exact) mass is 369 g/mol. The summed E-state index contributed by atoms with van der Waals surface area (Å²) in [6, 6.07) is 6.00. The molecule has 3 aliphatic rings. The summed E-state index contributed by atoms with van der Waals surface area (Å²) >= 11 is 0. The van der Waals surface area contributed by atoms with E-state index in [0.29, 0.717) is 17.4 Å². The number of hydrogen-bond acceptors (Lipinski definition) is 3. The molecule has 2 unspecified atom stereocenters. The maximum Gasteiger partial charge on any atom is 0.133 e. The molecule has 3 nitrogen and oxygen atoms in total. The molecule has 2 heterocycles. The van der Waals surface area contributed by atoms with E-state index >= 15 is 0 Å². The van der Waals surface area contributed by atoms with Crippen molar-refractivity contribution >= 4 is 5.82 Å². The molecule has 2 fully saturated rings. The van der Waals surface area contributed by atoms with Gasteiger partial charge in [-0.25, -0.2) is 13.8 Å². The highest BCUT2D eigenvalue weighted by Crippen LogP contribution is 2.55. The molecule has 27 heavy (non-hydrogen) atoms. The number of benzene rings is 1. The zero-order valence-corrected chi connectivity index (χ0v) is 15.7. The van der Waals surface area contributed by atoms with E-state index in [4.69, 9.17) is 4.98 Å². The van der Waals surface area contributed by atoms with Crippen molar-refractivity contribution in [3.05, 3.63) is 47.2 Å². The molecular formula is C22H25F2N3. The van der Waals surface area contributed by atoms with Gasteiger partial charge in [-0.05, 0) is 61.1 Å². The lowest BCUT2D eigenvalue weighted by Crippen LogP contribution is -2.46. The second-order valence-corrected chi connectivity index (χ2v) is 8.08. The standard InChI is InChI=1S/C22H25F2N3/c1-2-26-7-9-27(10-8-26)20-13-18(17-6-5-16(23)12-19(17)24)21-14-3-4-15(11-14)22(21)25-20/h5-6,12-15H,2-4,7-11H2,1H3. The Balaban J connectivity index is 1.60. The van der Waals surface area contributed by atoms with Gasteiger partial charge in [0.05, 0.1) is 5.69 Å². The predicted octanol–water partition coefficient (Wildman–Crippen LogP) is 4.53. The van der Waals surface area contributed by atoms with Crippen LogP contribution in [0.25, 0.3) is 11.1 Å². The number of halogens is 2. The molecule has 0 amide bonds. The first-order valence-electron chi connectivity index (χ1n) is 10.1. The number of rotatable bonds is 3. The van der Waals surface area contributed by atoms with Crippen molar-refractivity contribution in [1.29, 1.82) is 0 Å². The van der Waals surface area contributed by atoms with Gasteiger partial charge in [0.25, 0.3) is 0 Å². The topological polar surface area (TPSA) is 19.4 Å². The highest BCUT2D eigenvalue weighted by molar-refractivity contribution is 5.74. The third-order valence-corrected chi connectivity index (χ3v) is 6.67. The van der Waals surface area contributed by atoms with Gasteiger partial charge in [-0.1, -0.05) is 6.92 Å². The van der Waals surface area contributed by atoms with Crippen molar-refractivity contribution in [2.24, 2.45) is 0 Å². The summed E-state index contributed by atoms with van der Waals surface area (Å²) in [6.07, 6.45) is 3.47. The number of pyridine rings is 1. The molecular weight excluding hydrogens is 344 g/mol. The van der Waals surface area contributed by atoms with Gasteiger partial charge in [0.15, 0.2) is 0 Å². The Kier molecular flexibility index (Phi) is 4.15. The number of nitrogens with zero attached hydrogens (tertiary/aromatic N) is 3. The average Bonchev–Trinajstić information content (AvgIpc) is 3.30. The zero-order valence-electron chi connectivity index (χ0n) is 15.7. The van der Waals surface area contributed by atoms with Crippen LogP contribution in [0.2, 0.25) is 0 Å². The summed E-state index contributed by atoms with van der Waals surface area (Å²) < 4.78 is 28.1. The summed E-state index contributed by atoms with van der Waals surface area (Å²) in [5.74, 6) is 0.926. The van der Waals surface area contributed by atoms with Crippen molar-refractivity contribution in [2.75, 3.05) is 37.6 Å². The molecule has 1 saturated heterocycles. The van der Waals surface area contributed by atoms with Crippen molar-refractivity contribution < 1.29 is 8.78 Å². The fourth-order valence-electron chi connectivity index (χ4n) is 5.18. The van der Waals surface area contributed by atoms with Crippen molar-refractivity contribution in [3.63, 3.8) is 0 Å². The quantitative estimate of drug-likeness (QED) is 0.792. The van der Waals surface area contributed by atoms with E-state index in [2.05, 4.69) is 22.8 Å². The molecule has 1 aromatic heterocycles. The van der Waals surface area contributed by atoms with Crippen LogP contribution < -0.4 is 4.90 Å². The van der Waals surface area contributed by atoms with E-state index < -0.39 is 11.6 Å². The highest BCUT2D eigenvalue weighted by Gasteiger charge is 2.41. The molecule has 1 saturated carbocycles. The molecule has 1 aromatic carbocycles. The van der Waals surface area contributed by atoms with E-state index in [1.807, 2.05) is 0 Å². The van der Waals surface area contributed by atoms with Crippen LogP contribution in [0, 0.1) is 11.6 Å². The number of piperazine rings is 1. The minimum Gasteiger partial charge on any atom is -0.354 e. The van der Waals surface area contributed by atoms with Crippen molar-refractivity contribution in [2.45, 2.75) is 38.0 Å². The van der Waals surface area contributed by atoms with Crippen LogP contribution >= 0.6 is 0 Å². The smallest absolute Gasteiger partial charge is 0.133 e. The minimum absolute atomic E-state index is 0.475. The van der Waals surface area contributed by atoms with Crippen LogP contribution in [0.3, 0.4) is 0 Å². The molecule has 2 atom stereocenters. The molecule has 142 valence electrons. The molecule has 0 radical (unpaired) electrons. The normalized spacial score (nSPS) is 24.5. The van der Waals surface area contributed by atoms with E-state index in [1.165, 1.54) is 23.7 Å². The lowest BCUT2D eigenvalue weighted by molar-refractivity contribution is 0.270. The Morgan fingerprint density at radius 3 is 2.52 bits per heavy atom. The van der Waals surface area contributed by atoms with Crippen LogP contribution in [0.1, 0.15) is 49.3 Å². The summed E-state index contributed by atoms with van der Waals surface area (Å²) in [6.45, 7) is 7.21. The van der Waals surface area contributed by atoms with Gasteiger partial charge in [0.1, 0.15) is 17.5 Å². The number of aromatic nitrogens is 1. The Morgan fingerprint density at radius 1 is 1.00 bits per heavy atom. The van der Waals surface area contributed by atoms with Crippen LogP contribution in [0.15, 0.2) is 24.3 Å². The zero-order chi connectivity index (χ0) is 18.5. The Labute approximate surface area is 159 Å². The average molecular weight is 369 g/mol. The maximum atomic E-state index is 14.6. The molecule has 5 rings (SSSR count). The van der Waals surface area contributed by atoms with Gasteiger partial charge >= 0.3 is 0 Å². The third-order valence-electron chi connectivity index (χ3n) is 6.67. The lowest BCUT2D eigenvalue weighted by atomic mass is 9.88. The number of likely N-dealkylation sites (N-methyl/N-ethyl adjacent to an activating group) is 1. The van der Waals surface area contributed by atoms with E-state index in [9.17, 15) is 8.78 Å². The first kappa shape index (κ1) is 17.1. The van der Waals surface area contributed by atoms with Crippen LogP contribution in [0.4, 0.5) is 14.6 Å². The molecule has 2 bridgehead atoms. The van der Waals surface area contributed by atoms with E-state index in [0.717, 1.165) is 63.0 Å². The fourth-order valence-corrected chi connectivity index (χ4v) is 5.18. The van der Waals surface area contributed by atoms with Crippen LogP contribution in [0.5, 0.6) is 0 Å². The highest BCUT2D eigenvalue weighted by atomic mass is 19.1. The molecule has 2 aromatic rings. The second-order valence-electron chi connectivity index (χ2n) is 8.08. The van der Waals surface area contributed by atoms with Gasteiger partial charge < -0.3 is 9.80 Å². The van der Waals surface area contributed by atoms with Crippen LogP contribution in [-0.2, 0) is 0 Å². The van der Waals surface area contributed by atoms with E-state index in [1.54, 1.807) is 6.07 Å². The second kappa shape index (κ2) is 6.55. The number of anilines is 1. The summed E-state index contributed by atoms with van der Waals surface area (Å²) in [7, 11) is 0. The maximum absolute atomic E-state index is 14.6. The predicted molar refractivity (Wildman–Crippen MR) is 103 cm³/mol. The SMILES string of the molecule is CCN1CCN(c2cc(-c3ccc(F)cc3F)c3c(n2)C2CCC3C2)CC1. The van der Waals surface area contributed by atoms with Crippen molar-refractivity contribution in [1.82, 2.24) is 9.88 Å². The lowest BCUT2D eigenvalue weighted by Gasteiger charge is -2.35. The van der Waals surface area contributed by atoms with Gasteiger partial charge in [-0.2, -0.15) is 0 Å². The largest absolute Gasteiger partial charge is 0.354 e. The Morgan fingerprint density at radius 2 is 1.78 bits per heavy atom. The van der Waals surface area contributed by atoms with Crippen LogP contribution in [-0.4, -0.2) is 42.6 Å². The molecule has 2 aliphatic carbocycles. The Hall–Kier alpha value is -2.01. The van der Waals surface area contributed by atoms with Gasteiger partial charge in [-0.3, -0.25) is 0 Å². The van der Waals surface area contributed by atoms with E-state index in [-0.39, 0.29) is 0 Å². The molecule has 0 spiro atoms. The minimum atomic E-state index is -0.528. The van der Waals surface area contributed by atoms with Gasteiger partial charge in [0.2, 0.25) is 0 Å². The summed E-state index contributed by atoms with van der Waals surface area (Å²) in [5, 5.41) is 0. The first-order chi connectivity index (χ1) is 13.1. The molecule has 5 heteroatoms. The van der Waals surface area contributed by atoms with Gasteiger partial charge in [-0.15, -0.1) is 0 Å². The Bertz CT molecular complexity index is 874. The summed E-state index contributed by atoms with van der Waals surface area (Å²) in [5.41, 5.74) is 3.82. The molecule has 0 N–H and O–H groups in total. The van der Waals surface area contributed by atoms with Crippen molar-refractivity contribution in [3.8, 4) is 11.1 Å². The number of fused-ring (bicyclic) bond motifs is 5. The third kappa shape index (κ3) is 2.83. The summed E-state index contributed by atoms with van der Waals surface area (Å²) in [4.78, 5) is 9.81. The first-order valence-corrected chi connectivity index (χ1v) is 10.1. The number of hydrogen-bond donors (Lipinski definition) is 0. The molecule has 1 aliphatic heterocycles. The van der Waals surface area contributed by atoms with Gasteiger partial charge in [0, 0.05) is 43.7 Å².